The average Bonchev–Trinajstić information content (AvgIpc) is 2.47. The van der Waals surface area contributed by atoms with E-state index in [0.717, 1.165) is 16.7 Å². The van der Waals surface area contributed by atoms with E-state index in [0.29, 0.717) is 0 Å². The predicted molar refractivity (Wildman–Crippen MR) is 76.7 cm³/mol. The number of hydrogen-bond acceptors (Lipinski definition) is 2. The molecule has 1 heterocycles. The molecule has 0 aliphatic rings. The lowest BCUT2D eigenvalue weighted by Gasteiger charge is -2.07. The van der Waals surface area contributed by atoms with Gasteiger partial charge in [0.05, 0.1) is 5.52 Å². The quantitative estimate of drug-likeness (QED) is 0.726. The van der Waals surface area contributed by atoms with Crippen molar-refractivity contribution in [1.29, 1.82) is 0 Å². The molecule has 0 unspecified atom stereocenters. The standard InChI is InChI=1S/C16H14N2/c1-17-15-11-10-13-8-5-9-14(16(13)18-15)12-6-3-2-4-7-12/h2-11H,1H3,(H,17,18). The molecule has 2 nitrogen and oxygen atoms in total. The lowest BCUT2D eigenvalue weighted by atomic mass is 10.0. The molecule has 0 aliphatic carbocycles. The third-order valence-corrected chi connectivity index (χ3v) is 3.06. The van der Waals surface area contributed by atoms with Gasteiger partial charge in [-0.1, -0.05) is 48.5 Å². The van der Waals surface area contributed by atoms with Gasteiger partial charge in [0.25, 0.3) is 0 Å². The molecule has 3 rings (SSSR count). The molecule has 0 saturated heterocycles. The van der Waals surface area contributed by atoms with Gasteiger partial charge < -0.3 is 5.32 Å². The summed E-state index contributed by atoms with van der Waals surface area (Å²) in [5, 5.41) is 4.25. The van der Waals surface area contributed by atoms with Crippen molar-refractivity contribution in [3.8, 4) is 11.1 Å². The molecule has 1 aromatic heterocycles. The van der Waals surface area contributed by atoms with Crippen LogP contribution >= 0.6 is 0 Å². The van der Waals surface area contributed by atoms with Crippen LogP contribution in [0.25, 0.3) is 22.0 Å². The van der Waals surface area contributed by atoms with E-state index in [1.165, 1.54) is 11.1 Å². The van der Waals surface area contributed by atoms with Crippen LogP contribution in [0.2, 0.25) is 0 Å². The number of anilines is 1. The molecule has 0 saturated carbocycles. The minimum Gasteiger partial charge on any atom is -0.373 e. The van der Waals surface area contributed by atoms with Crippen LogP contribution in [0.5, 0.6) is 0 Å². The van der Waals surface area contributed by atoms with Gasteiger partial charge in [0.15, 0.2) is 0 Å². The lowest BCUT2D eigenvalue weighted by molar-refractivity contribution is 1.34. The second-order valence-electron chi connectivity index (χ2n) is 4.19. The van der Waals surface area contributed by atoms with Gasteiger partial charge in [-0.2, -0.15) is 0 Å². The number of nitrogens with one attached hydrogen (secondary N) is 1. The minimum absolute atomic E-state index is 0.894. The maximum absolute atomic E-state index is 4.66. The summed E-state index contributed by atoms with van der Waals surface area (Å²) < 4.78 is 0. The minimum atomic E-state index is 0.894. The maximum Gasteiger partial charge on any atom is 0.126 e. The van der Waals surface area contributed by atoms with Crippen molar-refractivity contribution in [2.45, 2.75) is 0 Å². The van der Waals surface area contributed by atoms with E-state index in [2.05, 4.69) is 58.8 Å². The van der Waals surface area contributed by atoms with Crippen molar-refractivity contribution >= 4 is 16.7 Å². The van der Waals surface area contributed by atoms with Gasteiger partial charge in [0, 0.05) is 18.0 Å². The Morgan fingerprint density at radius 1 is 0.833 bits per heavy atom. The highest BCUT2D eigenvalue weighted by Gasteiger charge is 2.05. The SMILES string of the molecule is CNc1ccc2cccc(-c3ccccc3)c2n1. The molecule has 0 atom stereocenters. The molecule has 1 N–H and O–H groups in total. The molecule has 0 spiro atoms. The zero-order chi connectivity index (χ0) is 12.4. The normalized spacial score (nSPS) is 10.5. The summed E-state index contributed by atoms with van der Waals surface area (Å²) in [7, 11) is 1.89. The first-order valence-corrected chi connectivity index (χ1v) is 6.01. The summed E-state index contributed by atoms with van der Waals surface area (Å²) >= 11 is 0. The van der Waals surface area contributed by atoms with E-state index in [9.17, 15) is 0 Å². The number of nitrogens with zero attached hydrogens (tertiary/aromatic N) is 1. The van der Waals surface area contributed by atoms with Crippen LogP contribution in [0.15, 0.2) is 60.7 Å². The third kappa shape index (κ3) is 1.82. The fourth-order valence-corrected chi connectivity index (χ4v) is 2.14. The van der Waals surface area contributed by atoms with Crippen molar-refractivity contribution in [3.05, 3.63) is 60.7 Å². The Morgan fingerprint density at radius 3 is 2.44 bits per heavy atom. The lowest BCUT2D eigenvalue weighted by Crippen LogP contribution is -1.93. The first kappa shape index (κ1) is 10.8. The summed E-state index contributed by atoms with van der Waals surface area (Å²) in [6, 6.07) is 20.7. The molecule has 3 aromatic rings. The van der Waals surface area contributed by atoms with E-state index in [-0.39, 0.29) is 0 Å². The van der Waals surface area contributed by atoms with Crippen molar-refractivity contribution in [1.82, 2.24) is 4.98 Å². The largest absolute Gasteiger partial charge is 0.373 e. The van der Waals surface area contributed by atoms with Crippen LogP contribution in [0.4, 0.5) is 5.82 Å². The highest BCUT2D eigenvalue weighted by molar-refractivity contribution is 5.94. The number of aromatic nitrogens is 1. The first-order chi connectivity index (χ1) is 8.88. The molecule has 2 aromatic carbocycles. The summed E-state index contributed by atoms with van der Waals surface area (Å²) in [6.07, 6.45) is 0. The van der Waals surface area contributed by atoms with Crippen LogP contribution in [-0.2, 0) is 0 Å². The number of benzene rings is 2. The molecule has 2 heteroatoms. The molecular weight excluding hydrogens is 220 g/mol. The number of para-hydroxylation sites is 1. The molecule has 0 bridgehead atoms. The Bertz CT molecular complexity index is 675. The van der Waals surface area contributed by atoms with Crippen LogP contribution in [0.3, 0.4) is 0 Å². The monoisotopic (exact) mass is 234 g/mol. The van der Waals surface area contributed by atoms with Gasteiger partial charge in [0.2, 0.25) is 0 Å². The van der Waals surface area contributed by atoms with E-state index in [1.54, 1.807) is 0 Å². The molecule has 0 radical (unpaired) electrons. The van der Waals surface area contributed by atoms with Crippen LogP contribution in [-0.4, -0.2) is 12.0 Å². The number of fused-ring (bicyclic) bond motifs is 1. The summed E-state index contributed by atoms with van der Waals surface area (Å²) in [5.74, 6) is 0.894. The second kappa shape index (κ2) is 4.49. The predicted octanol–water partition coefficient (Wildman–Crippen LogP) is 3.94. The van der Waals surface area contributed by atoms with Gasteiger partial charge in [-0.3, -0.25) is 0 Å². The van der Waals surface area contributed by atoms with Crippen molar-refractivity contribution < 1.29 is 0 Å². The van der Waals surface area contributed by atoms with Gasteiger partial charge in [-0.05, 0) is 17.7 Å². The van der Waals surface area contributed by atoms with E-state index >= 15 is 0 Å². The van der Waals surface area contributed by atoms with Gasteiger partial charge in [-0.25, -0.2) is 4.98 Å². The summed E-state index contributed by atoms with van der Waals surface area (Å²) in [4.78, 5) is 4.66. The second-order valence-corrected chi connectivity index (χ2v) is 4.19. The summed E-state index contributed by atoms with van der Waals surface area (Å²) in [6.45, 7) is 0. The average molecular weight is 234 g/mol. The van der Waals surface area contributed by atoms with Crippen molar-refractivity contribution in [3.63, 3.8) is 0 Å². The number of rotatable bonds is 2. The fourth-order valence-electron chi connectivity index (χ4n) is 2.14. The Balaban J connectivity index is 2.29. The maximum atomic E-state index is 4.66. The van der Waals surface area contributed by atoms with Crippen LogP contribution in [0, 0.1) is 0 Å². The fraction of sp³-hybridized carbons (Fsp3) is 0.0625. The van der Waals surface area contributed by atoms with Crippen LogP contribution < -0.4 is 5.32 Å². The Hall–Kier alpha value is -2.35. The van der Waals surface area contributed by atoms with E-state index in [1.807, 2.05) is 19.2 Å². The number of pyridine rings is 1. The Kier molecular flexibility index (Phi) is 2.69. The van der Waals surface area contributed by atoms with E-state index < -0.39 is 0 Å². The number of hydrogen-bond donors (Lipinski definition) is 1. The summed E-state index contributed by atoms with van der Waals surface area (Å²) in [5.41, 5.74) is 3.41. The third-order valence-electron chi connectivity index (χ3n) is 3.06. The van der Waals surface area contributed by atoms with Gasteiger partial charge in [-0.15, -0.1) is 0 Å². The highest BCUT2D eigenvalue weighted by Crippen LogP contribution is 2.27. The zero-order valence-electron chi connectivity index (χ0n) is 10.2. The highest BCUT2D eigenvalue weighted by atomic mass is 15.0. The van der Waals surface area contributed by atoms with Crippen molar-refractivity contribution in [2.75, 3.05) is 12.4 Å². The van der Waals surface area contributed by atoms with Crippen LogP contribution in [0.1, 0.15) is 0 Å². The van der Waals surface area contributed by atoms with Crippen molar-refractivity contribution in [2.24, 2.45) is 0 Å². The van der Waals surface area contributed by atoms with Gasteiger partial charge in [0.1, 0.15) is 5.82 Å². The first-order valence-electron chi connectivity index (χ1n) is 6.01. The van der Waals surface area contributed by atoms with Gasteiger partial charge >= 0.3 is 0 Å². The Morgan fingerprint density at radius 2 is 1.67 bits per heavy atom. The molecule has 0 fully saturated rings. The molecule has 18 heavy (non-hydrogen) atoms. The molecule has 88 valence electrons. The molecular formula is C16H14N2. The zero-order valence-corrected chi connectivity index (χ0v) is 10.2. The molecule has 0 aliphatic heterocycles. The molecule has 0 amide bonds. The van der Waals surface area contributed by atoms with E-state index in [4.69, 9.17) is 0 Å². The Labute approximate surface area is 106 Å². The smallest absolute Gasteiger partial charge is 0.126 e. The topological polar surface area (TPSA) is 24.9 Å².